The van der Waals surface area contributed by atoms with Crippen LogP contribution in [0.2, 0.25) is 0 Å². The highest BCUT2D eigenvalue weighted by molar-refractivity contribution is 9.10. The Bertz CT molecular complexity index is 342. The Morgan fingerprint density at radius 2 is 1.80 bits per heavy atom. The first kappa shape index (κ1) is 18.2. The highest BCUT2D eigenvalue weighted by Gasteiger charge is 2.14. The Hall–Kier alpha value is 0.140. The Labute approximate surface area is 137 Å². The van der Waals surface area contributed by atoms with Gasteiger partial charge in [0.25, 0.3) is 0 Å². The van der Waals surface area contributed by atoms with E-state index in [9.17, 15) is 0 Å². The zero-order valence-electron chi connectivity index (χ0n) is 13.3. The molecule has 1 unspecified atom stereocenters. The topological polar surface area (TPSA) is 12.0 Å². The fourth-order valence-electron chi connectivity index (χ4n) is 2.45. The van der Waals surface area contributed by atoms with Crippen LogP contribution in [0.1, 0.15) is 81.0 Å². The number of unbranched alkanes of at least 4 members (excludes halogenated alkanes) is 5. The summed E-state index contributed by atoms with van der Waals surface area (Å²) in [5.41, 5.74) is 0. The minimum Gasteiger partial charge on any atom is -0.309 e. The molecule has 1 nitrogen and oxygen atoms in total. The van der Waals surface area contributed by atoms with Gasteiger partial charge < -0.3 is 5.32 Å². The molecule has 1 N–H and O–H groups in total. The molecule has 0 aliphatic heterocycles. The van der Waals surface area contributed by atoms with Crippen LogP contribution in [-0.2, 0) is 0 Å². The van der Waals surface area contributed by atoms with E-state index in [0.29, 0.717) is 6.04 Å². The molecular weight excluding hydrogens is 330 g/mol. The summed E-state index contributed by atoms with van der Waals surface area (Å²) in [4.78, 5) is 2.89. The van der Waals surface area contributed by atoms with E-state index in [1.807, 2.05) is 11.3 Å². The summed E-state index contributed by atoms with van der Waals surface area (Å²) < 4.78 is 1.27. The molecule has 1 rings (SSSR count). The van der Waals surface area contributed by atoms with Crippen molar-refractivity contribution in [3.63, 3.8) is 0 Å². The molecule has 0 saturated heterocycles. The van der Waals surface area contributed by atoms with Crippen LogP contribution >= 0.6 is 27.3 Å². The average Bonchev–Trinajstić information content (AvgIpc) is 2.77. The van der Waals surface area contributed by atoms with Crippen LogP contribution in [-0.4, -0.2) is 6.54 Å². The van der Waals surface area contributed by atoms with Gasteiger partial charge in [-0.15, -0.1) is 11.3 Å². The molecule has 0 radical (unpaired) electrons. The van der Waals surface area contributed by atoms with E-state index in [2.05, 4.69) is 48.1 Å². The minimum absolute atomic E-state index is 0.552. The number of hydrogen-bond donors (Lipinski definition) is 1. The first-order valence-electron chi connectivity index (χ1n) is 8.18. The van der Waals surface area contributed by atoms with Crippen molar-refractivity contribution in [2.24, 2.45) is 0 Å². The van der Waals surface area contributed by atoms with Crippen molar-refractivity contribution in [2.75, 3.05) is 6.54 Å². The molecule has 0 aliphatic rings. The second-order valence-electron chi connectivity index (χ2n) is 5.62. The van der Waals surface area contributed by atoms with E-state index in [4.69, 9.17) is 0 Å². The molecule has 0 amide bonds. The Kier molecular flexibility index (Phi) is 9.83. The summed E-state index contributed by atoms with van der Waals surface area (Å²) >= 11 is 5.58. The maximum atomic E-state index is 3.72. The van der Waals surface area contributed by atoms with E-state index in [1.165, 1.54) is 65.6 Å². The smallest absolute Gasteiger partial charge is 0.0415 e. The summed E-state index contributed by atoms with van der Waals surface area (Å²) in [6.45, 7) is 7.83. The Morgan fingerprint density at radius 3 is 2.40 bits per heavy atom. The zero-order chi connectivity index (χ0) is 14.8. The van der Waals surface area contributed by atoms with E-state index in [0.717, 1.165) is 6.54 Å². The largest absolute Gasteiger partial charge is 0.309 e. The standard InChI is InChI=1S/C17H30BrNS/c1-4-6-7-8-9-10-11-16(19-12-5-2)17-13-15(18)14(3)20-17/h13,16,19H,4-12H2,1-3H3. The molecular formula is C17H30BrNS. The quantitative estimate of drug-likeness (QED) is 0.438. The van der Waals surface area contributed by atoms with E-state index in [1.54, 1.807) is 0 Å². The number of hydrogen-bond acceptors (Lipinski definition) is 2. The van der Waals surface area contributed by atoms with Gasteiger partial charge in [-0.2, -0.15) is 0 Å². The summed E-state index contributed by atoms with van der Waals surface area (Å²) in [7, 11) is 0. The van der Waals surface area contributed by atoms with Gasteiger partial charge in [-0.3, -0.25) is 0 Å². The highest BCUT2D eigenvalue weighted by atomic mass is 79.9. The average molecular weight is 360 g/mol. The molecule has 0 aromatic carbocycles. The van der Waals surface area contributed by atoms with Crippen molar-refractivity contribution < 1.29 is 0 Å². The van der Waals surface area contributed by atoms with Crippen molar-refractivity contribution in [1.82, 2.24) is 5.32 Å². The SMILES string of the molecule is CCCCCCCCC(NCCC)c1cc(Br)c(C)s1. The van der Waals surface area contributed by atoms with Gasteiger partial charge in [0.1, 0.15) is 0 Å². The second-order valence-corrected chi connectivity index (χ2v) is 7.76. The van der Waals surface area contributed by atoms with Crippen LogP contribution in [0.4, 0.5) is 0 Å². The summed E-state index contributed by atoms with van der Waals surface area (Å²) in [6.07, 6.45) is 10.8. The lowest BCUT2D eigenvalue weighted by Gasteiger charge is -2.17. The predicted octanol–water partition coefficient (Wildman–Crippen LogP) is 6.61. The molecule has 0 aliphatic carbocycles. The molecule has 20 heavy (non-hydrogen) atoms. The van der Waals surface area contributed by atoms with Crippen LogP contribution in [0.5, 0.6) is 0 Å². The summed E-state index contributed by atoms with van der Waals surface area (Å²) in [5, 5.41) is 3.72. The van der Waals surface area contributed by atoms with Crippen molar-refractivity contribution in [3.05, 3.63) is 20.3 Å². The van der Waals surface area contributed by atoms with Crippen LogP contribution in [0, 0.1) is 6.92 Å². The van der Waals surface area contributed by atoms with Crippen LogP contribution in [0.3, 0.4) is 0 Å². The van der Waals surface area contributed by atoms with Crippen molar-refractivity contribution in [1.29, 1.82) is 0 Å². The van der Waals surface area contributed by atoms with E-state index < -0.39 is 0 Å². The number of halogens is 1. The normalized spacial score (nSPS) is 12.8. The minimum atomic E-state index is 0.552. The van der Waals surface area contributed by atoms with Crippen LogP contribution < -0.4 is 5.32 Å². The van der Waals surface area contributed by atoms with Gasteiger partial charge in [0.15, 0.2) is 0 Å². The monoisotopic (exact) mass is 359 g/mol. The molecule has 1 aromatic heterocycles. The molecule has 1 aromatic rings. The Morgan fingerprint density at radius 1 is 1.10 bits per heavy atom. The summed E-state index contributed by atoms with van der Waals surface area (Å²) in [6, 6.07) is 2.86. The van der Waals surface area contributed by atoms with Crippen molar-refractivity contribution in [3.8, 4) is 0 Å². The number of rotatable bonds is 11. The predicted molar refractivity (Wildman–Crippen MR) is 95.8 cm³/mol. The maximum Gasteiger partial charge on any atom is 0.0415 e. The number of nitrogens with one attached hydrogen (secondary N) is 1. The van der Waals surface area contributed by atoms with Gasteiger partial charge in [-0.1, -0.05) is 52.4 Å². The third-order valence-corrected chi connectivity index (χ3v) is 5.96. The summed E-state index contributed by atoms with van der Waals surface area (Å²) in [5.74, 6) is 0. The first-order valence-corrected chi connectivity index (χ1v) is 9.79. The van der Waals surface area contributed by atoms with Crippen LogP contribution in [0.15, 0.2) is 10.5 Å². The van der Waals surface area contributed by atoms with Gasteiger partial charge >= 0.3 is 0 Å². The molecule has 0 bridgehead atoms. The lowest BCUT2D eigenvalue weighted by Crippen LogP contribution is -2.21. The molecule has 0 fully saturated rings. The van der Waals surface area contributed by atoms with E-state index in [-0.39, 0.29) is 0 Å². The molecule has 0 saturated carbocycles. The van der Waals surface area contributed by atoms with Crippen molar-refractivity contribution >= 4 is 27.3 Å². The van der Waals surface area contributed by atoms with Crippen molar-refractivity contribution in [2.45, 2.75) is 78.2 Å². The van der Waals surface area contributed by atoms with Gasteiger partial charge in [0.05, 0.1) is 0 Å². The van der Waals surface area contributed by atoms with Gasteiger partial charge in [0, 0.05) is 20.3 Å². The van der Waals surface area contributed by atoms with E-state index >= 15 is 0 Å². The number of aryl methyl sites for hydroxylation is 1. The fourth-order valence-corrected chi connectivity index (χ4v) is 4.12. The maximum absolute atomic E-state index is 3.72. The lowest BCUT2D eigenvalue weighted by atomic mass is 10.0. The first-order chi connectivity index (χ1) is 9.69. The Balaban J connectivity index is 2.40. The third kappa shape index (κ3) is 6.73. The number of thiophene rings is 1. The van der Waals surface area contributed by atoms with Gasteiger partial charge in [-0.05, 0) is 48.3 Å². The third-order valence-electron chi connectivity index (χ3n) is 3.71. The fraction of sp³-hybridized carbons (Fsp3) is 0.765. The van der Waals surface area contributed by atoms with Gasteiger partial charge in [0.2, 0.25) is 0 Å². The molecule has 3 heteroatoms. The molecule has 1 atom stereocenters. The zero-order valence-corrected chi connectivity index (χ0v) is 15.7. The van der Waals surface area contributed by atoms with Gasteiger partial charge in [-0.25, -0.2) is 0 Å². The second kappa shape index (κ2) is 10.8. The molecule has 116 valence electrons. The lowest BCUT2D eigenvalue weighted by molar-refractivity contribution is 0.472. The molecule has 0 spiro atoms. The van der Waals surface area contributed by atoms with Crippen LogP contribution in [0.25, 0.3) is 0 Å². The highest BCUT2D eigenvalue weighted by Crippen LogP contribution is 2.32. The molecule has 1 heterocycles.